The summed E-state index contributed by atoms with van der Waals surface area (Å²) in [5.41, 5.74) is 0.570. The summed E-state index contributed by atoms with van der Waals surface area (Å²) >= 11 is 0. The Bertz CT molecular complexity index is 609. The van der Waals surface area contributed by atoms with Crippen LogP contribution in [-0.2, 0) is 0 Å². The molecule has 0 bridgehead atoms. The van der Waals surface area contributed by atoms with Crippen molar-refractivity contribution in [1.82, 2.24) is 4.90 Å². The van der Waals surface area contributed by atoms with Crippen LogP contribution in [0.2, 0.25) is 0 Å². The van der Waals surface area contributed by atoms with Crippen LogP contribution in [0.25, 0.3) is 10.8 Å². The number of benzene rings is 2. The number of carbonyl (C=O) groups is 1. The van der Waals surface area contributed by atoms with Gasteiger partial charge in [-0.3, -0.25) is 4.79 Å². The van der Waals surface area contributed by atoms with E-state index in [1.54, 1.807) is 36.2 Å². The third-order valence-electron chi connectivity index (χ3n) is 3.55. The van der Waals surface area contributed by atoms with Gasteiger partial charge in [-0.25, -0.2) is 4.39 Å². The second kappa shape index (κ2) is 6.51. The molecule has 106 valence electrons. The molecule has 0 radical (unpaired) electrons. The molecule has 0 heterocycles. The summed E-state index contributed by atoms with van der Waals surface area (Å²) in [5, 5.41) is 1.18. The molecule has 0 atom stereocenters. The van der Waals surface area contributed by atoms with Crippen molar-refractivity contribution in [2.45, 2.75) is 26.2 Å². The summed E-state index contributed by atoms with van der Waals surface area (Å²) < 4.78 is 13.8. The van der Waals surface area contributed by atoms with Crippen molar-refractivity contribution in [1.29, 1.82) is 0 Å². The largest absolute Gasteiger partial charge is 0.342 e. The molecule has 0 unspecified atom stereocenters. The van der Waals surface area contributed by atoms with E-state index >= 15 is 0 Å². The number of hydrogen-bond acceptors (Lipinski definition) is 1. The van der Waals surface area contributed by atoms with Crippen LogP contribution in [0.5, 0.6) is 0 Å². The Morgan fingerprint density at radius 3 is 2.50 bits per heavy atom. The van der Waals surface area contributed by atoms with Crippen molar-refractivity contribution in [3.63, 3.8) is 0 Å². The summed E-state index contributed by atoms with van der Waals surface area (Å²) in [6, 6.07) is 10.1. The highest BCUT2D eigenvalue weighted by Crippen LogP contribution is 2.22. The number of fused-ring (bicyclic) bond motifs is 1. The van der Waals surface area contributed by atoms with E-state index in [2.05, 4.69) is 6.92 Å². The lowest BCUT2D eigenvalue weighted by molar-refractivity contribution is 0.0794. The second-order valence-electron chi connectivity index (χ2n) is 5.07. The van der Waals surface area contributed by atoms with E-state index in [9.17, 15) is 9.18 Å². The SMILES string of the molecule is CCCCCN(C)C(=O)c1ccc(F)c2ccccc12. The molecule has 3 heteroatoms. The topological polar surface area (TPSA) is 20.3 Å². The lowest BCUT2D eigenvalue weighted by atomic mass is 10.0. The van der Waals surface area contributed by atoms with E-state index < -0.39 is 0 Å². The van der Waals surface area contributed by atoms with E-state index in [1.165, 1.54) is 6.07 Å². The van der Waals surface area contributed by atoms with Crippen molar-refractivity contribution in [3.8, 4) is 0 Å². The first-order valence-corrected chi connectivity index (χ1v) is 7.08. The zero-order chi connectivity index (χ0) is 14.5. The first-order chi connectivity index (χ1) is 9.65. The third kappa shape index (κ3) is 2.98. The van der Waals surface area contributed by atoms with E-state index in [0.717, 1.165) is 25.8 Å². The van der Waals surface area contributed by atoms with Crippen LogP contribution in [0.4, 0.5) is 4.39 Å². The van der Waals surface area contributed by atoms with Gasteiger partial charge in [0.2, 0.25) is 0 Å². The minimum atomic E-state index is -0.286. The average molecular weight is 273 g/mol. The van der Waals surface area contributed by atoms with Crippen LogP contribution in [0, 0.1) is 5.82 Å². The fraction of sp³-hybridized carbons (Fsp3) is 0.353. The molecule has 2 aromatic carbocycles. The summed E-state index contributed by atoms with van der Waals surface area (Å²) in [7, 11) is 1.80. The molecule has 0 aliphatic rings. The molecule has 0 spiro atoms. The maximum absolute atomic E-state index is 13.8. The first-order valence-electron chi connectivity index (χ1n) is 7.08. The zero-order valence-corrected chi connectivity index (χ0v) is 12.0. The Balaban J connectivity index is 2.28. The lowest BCUT2D eigenvalue weighted by Gasteiger charge is -2.18. The molecule has 2 rings (SSSR count). The number of hydrogen-bond donors (Lipinski definition) is 0. The van der Waals surface area contributed by atoms with Crippen LogP contribution in [-0.4, -0.2) is 24.4 Å². The zero-order valence-electron chi connectivity index (χ0n) is 12.0. The van der Waals surface area contributed by atoms with E-state index in [0.29, 0.717) is 16.3 Å². The number of rotatable bonds is 5. The Labute approximate surface area is 119 Å². The molecule has 0 saturated heterocycles. The predicted molar refractivity (Wildman–Crippen MR) is 80.4 cm³/mol. The highest BCUT2D eigenvalue weighted by Gasteiger charge is 2.15. The quantitative estimate of drug-likeness (QED) is 0.746. The third-order valence-corrected chi connectivity index (χ3v) is 3.55. The van der Waals surface area contributed by atoms with Gasteiger partial charge in [0.1, 0.15) is 5.82 Å². The van der Waals surface area contributed by atoms with Crippen LogP contribution >= 0.6 is 0 Å². The number of unbranched alkanes of at least 4 members (excludes halogenated alkanes) is 2. The van der Waals surface area contributed by atoms with Gasteiger partial charge in [0.05, 0.1) is 0 Å². The van der Waals surface area contributed by atoms with Gasteiger partial charge in [0.15, 0.2) is 0 Å². The Morgan fingerprint density at radius 1 is 1.10 bits per heavy atom. The van der Waals surface area contributed by atoms with E-state index in [-0.39, 0.29) is 11.7 Å². The van der Waals surface area contributed by atoms with E-state index in [1.807, 2.05) is 6.07 Å². The highest BCUT2D eigenvalue weighted by molar-refractivity contribution is 6.07. The average Bonchev–Trinajstić information content (AvgIpc) is 2.47. The minimum Gasteiger partial charge on any atom is -0.342 e. The van der Waals surface area contributed by atoms with Gasteiger partial charge in [-0.05, 0) is 23.9 Å². The predicted octanol–water partition coefficient (Wildman–Crippen LogP) is 4.24. The van der Waals surface area contributed by atoms with Crippen molar-refractivity contribution < 1.29 is 9.18 Å². The molecule has 0 aliphatic heterocycles. The smallest absolute Gasteiger partial charge is 0.254 e. The number of halogens is 1. The van der Waals surface area contributed by atoms with Gasteiger partial charge in [0, 0.05) is 24.5 Å². The van der Waals surface area contributed by atoms with E-state index in [4.69, 9.17) is 0 Å². The minimum absolute atomic E-state index is 0.0442. The molecule has 2 nitrogen and oxygen atoms in total. The summed E-state index contributed by atoms with van der Waals surface area (Å²) in [6.45, 7) is 2.87. The molecule has 0 N–H and O–H groups in total. The lowest BCUT2D eigenvalue weighted by Crippen LogP contribution is -2.28. The fourth-order valence-electron chi connectivity index (χ4n) is 2.35. The van der Waals surface area contributed by atoms with Crippen molar-refractivity contribution in [3.05, 3.63) is 47.8 Å². The van der Waals surface area contributed by atoms with Gasteiger partial charge in [-0.1, -0.05) is 44.0 Å². The Morgan fingerprint density at radius 2 is 1.80 bits per heavy atom. The maximum atomic E-state index is 13.8. The molecule has 0 aliphatic carbocycles. The molecule has 2 aromatic rings. The van der Waals surface area contributed by atoms with Crippen LogP contribution in [0.1, 0.15) is 36.5 Å². The summed E-state index contributed by atoms with van der Waals surface area (Å²) in [5.74, 6) is -0.330. The molecular formula is C17H20FNO. The molecule has 1 amide bonds. The van der Waals surface area contributed by atoms with Gasteiger partial charge < -0.3 is 4.90 Å². The fourth-order valence-corrected chi connectivity index (χ4v) is 2.35. The van der Waals surface area contributed by atoms with Crippen molar-refractivity contribution in [2.75, 3.05) is 13.6 Å². The van der Waals surface area contributed by atoms with Crippen molar-refractivity contribution in [2.24, 2.45) is 0 Å². The Kier molecular flexibility index (Phi) is 4.72. The molecule has 20 heavy (non-hydrogen) atoms. The van der Waals surface area contributed by atoms with Gasteiger partial charge in [0.25, 0.3) is 5.91 Å². The molecular weight excluding hydrogens is 253 g/mol. The van der Waals surface area contributed by atoms with Gasteiger partial charge in [-0.2, -0.15) is 0 Å². The standard InChI is InChI=1S/C17H20FNO/c1-3-4-7-12-19(2)17(20)15-10-11-16(18)14-9-6-5-8-13(14)15/h5-6,8-11H,3-4,7,12H2,1-2H3. The van der Waals surface area contributed by atoms with Gasteiger partial charge >= 0.3 is 0 Å². The van der Waals surface area contributed by atoms with Crippen LogP contribution in [0.3, 0.4) is 0 Å². The molecule has 0 fully saturated rings. The number of amides is 1. The van der Waals surface area contributed by atoms with Gasteiger partial charge in [-0.15, -0.1) is 0 Å². The second-order valence-corrected chi connectivity index (χ2v) is 5.07. The number of carbonyl (C=O) groups excluding carboxylic acids is 1. The summed E-state index contributed by atoms with van der Waals surface area (Å²) in [4.78, 5) is 14.2. The molecule has 0 saturated carbocycles. The maximum Gasteiger partial charge on any atom is 0.254 e. The first kappa shape index (κ1) is 14.5. The highest BCUT2D eigenvalue weighted by atomic mass is 19.1. The normalized spacial score (nSPS) is 10.8. The summed E-state index contributed by atoms with van der Waals surface area (Å²) in [6.07, 6.45) is 3.24. The number of nitrogens with zero attached hydrogens (tertiary/aromatic N) is 1. The van der Waals surface area contributed by atoms with Crippen LogP contribution in [0.15, 0.2) is 36.4 Å². The monoisotopic (exact) mass is 273 g/mol. The molecule has 0 aromatic heterocycles. The van der Waals surface area contributed by atoms with Crippen LogP contribution < -0.4 is 0 Å². The Hall–Kier alpha value is -1.90. The van der Waals surface area contributed by atoms with Crippen molar-refractivity contribution >= 4 is 16.7 Å².